The van der Waals surface area contributed by atoms with Gasteiger partial charge in [0, 0.05) is 30.0 Å². The average Bonchev–Trinajstić information content (AvgIpc) is 2.77. The van der Waals surface area contributed by atoms with Crippen LogP contribution in [0.25, 0.3) is 0 Å². The molecule has 0 aromatic heterocycles. The standard InChI is InChI=1S/C24H28BrN3O3/c1-16-7-8-22-21(13-16)28(15-17(2)31-22)24(30)27-11-9-18(10-12-27)23(29)26-14-19-5-3-4-6-20(19)25/h3-8,13,17-18H,9-12,14-15H2,1-2H3,(H,26,29)/t17-/m1/s1. The van der Waals surface area contributed by atoms with Crippen LogP contribution >= 0.6 is 15.9 Å². The number of hydrogen-bond donors (Lipinski definition) is 1. The molecule has 0 aliphatic carbocycles. The molecular formula is C24H28BrN3O3. The zero-order valence-electron chi connectivity index (χ0n) is 17.9. The third kappa shape index (κ3) is 4.87. The summed E-state index contributed by atoms with van der Waals surface area (Å²) in [6.07, 6.45) is 1.29. The number of rotatable bonds is 3. The number of urea groups is 1. The van der Waals surface area contributed by atoms with Crippen LogP contribution in [0, 0.1) is 12.8 Å². The number of carbonyl (C=O) groups excluding carboxylic acids is 2. The summed E-state index contributed by atoms with van der Waals surface area (Å²) in [5, 5.41) is 3.04. The van der Waals surface area contributed by atoms with E-state index < -0.39 is 0 Å². The molecule has 2 heterocycles. The van der Waals surface area contributed by atoms with Gasteiger partial charge in [0.15, 0.2) is 0 Å². The van der Waals surface area contributed by atoms with Gasteiger partial charge in [-0.3, -0.25) is 9.69 Å². The second kappa shape index (κ2) is 9.30. The van der Waals surface area contributed by atoms with E-state index in [1.54, 1.807) is 0 Å². The van der Waals surface area contributed by atoms with E-state index >= 15 is 0 Å². The van der Waals surface area contributed by atoms with E-state index in [0.717, 1.165) is 27.0 Å². The summed E-state index contributed by atoms with van der Waals surface area (Å²) < 4.78 is 6.90. The van der Waals surface area contributed by atoms with Crippen molar-refractivity contribution < 1.29 is 14.3 Å². The lowest BCUT2D eigenvalue weighted by Gasteiger charge is -2.39. The van der Waals surface area contributed by atoms with Crippen molar-refractivity contribution in [3.63, 3.8) is 0 Å². The van der Waals surface area contributed by atoms with Crippen molar-refractivity contribution in [2.45, 2.75) is 39.3 Å². The van der Waals surface area contributed by atoms with Crippen LogP contribution in [0.5, 0.6) is 5.75 Å². The number of carbonyl (C=O) groups is 2. The molecule has 0 spiro atoms. The predicted molar refractivity (Wildman–Crippen MR) is 124 cm³/mol. The Kier molecular flexibility index (Phi) is 6.51. The van der Waals surface area contributed by atoms with Crippen LogP contribution in [0.15, 0.2) is 46.9 Å². The monoisotopic (exact) mass is 485 g/mol. The molecule has 0 radical (unpaired) electrons. The minimum Gasteiger partial charge on any atom is -0.487 e. The Bertz CT molecular complexity index is 972. The van der Waals surface area contributed by atoms with Gasteiger partial charge >= 0.3 is 6.03 Å². The highest BCUT2D eigenvalue weighted by molar-refractivity contribution is 9.10. The Morgan fingerprint density at radius 3 is 2.65 bits per heavy atom. The number of nitrogens with one attached hydrogen (secondary N) is 1. The molecule has 31 heavy (non-hydrogen) atoms. The highest BCUT2D eigenvalue weighted by atomic mass is 79.9. The fraction of sp³-hybridized carbons (Fsp3) is 0.417. The van der Waals surface area contributed by atoms with Crippen molar-refractivity contribution in [1.82, 2.24) is 10.2 Å². The van der Waals surface area contributed by atoms with Crippen molar-refractivity contribution in [2.75, 3.05) is 24.5 Å². The molecule has 1 saturated heterocycles. The molecule has 1 atom stereocenters. The molecule has 2 aliphatic heterocycles. The minimum atomic E-state index is -0.0651. The molecule has 0 saturated carbocycles. The number of halogens is 1. The van der Waals surface area contributed by atoms with E-state index in [1.807, 2.05) is 66.1 Å². The number of ether oxygens (including phenoxy) is 1. The van der Waals surface area contributed by atoms with Gasteiger partial charge in [0.2, 0.25) is 5.91 Å². The van der Waals surface area contributed by atoms with Crippen molar-refractivity contribution in [3.8, 4) is 5.75 Å². The van der Waals surface area contributed by atoms with Crippen LogP contribution in [0.2, 0.25) is 0 Å². The first-order valence-electron chi connectivity index (χ1n) is 10.8. The summed E-state index contributed by atoms with van der Waals surface area (Å²) in [7, 11) is 0. The van der Waals surface area contributed by atoms with E-state index in [2.05, 4.69) is 21.2 Å². The van der Waals surface area contributed by atoms with Gasteiger partial charge in [0.25, 0.3) is 0 Å². The van der Waals surface area contributed by atoms with E-state index in [9.17, 15) is 9.59 Å². The molecule has 164 valence electrons. The Balaban J connectivity index is 1.35. The number of fused-ring (bicyclic) bond motifs is 1. The molecule has 0 bridgehead atoms. The van der Waals surface area contributed by atoms with Crippen LogP contribution in [0.1, 0.15) is 30.9 Å². The Hall–Kier alpha value is -2.54. The molecule has 2 aromatic carbocycles. The average molecular weight is 486 g/mol. The van der Waals surface area contributed by atoms with Crippen molar-refractivity contribution >= 4 is 33.6 Å². The summed E-state index contributed by atoms with van der Waals surface area (Å²) in [5.74, 6) is 0.743. The molecule has 0 unspecified atom stereocenters. The van der Waals surface area contributed by atoms with Gasteiger partial charge in [-0.05, 0) is 56.0 Å². The van der Waals surface area contributed by atoms with Gasteiger partial charge in [-0.25, -0.2) is 4.79 Å². The topological polar surface area (TPSA) is 61.9 Å². The summed E-state index contributed by atoms with van der Waals surface area (Å²) >= 11 is 3.52. The van der Waals surface area contributed by atoms with Crippen LogP contribution < -0.4 is 15.0 Å². The van der Waals surface area contributed by atoms with Gasteiger partial charge in [0.1, 0.15) is 11.9 Å². The summed E-state index contributed by atoms with van der Waals surface area (Å²) in [5.41, 5.74) is 2.98. The van der Waals surface area contributed by atoms with Gasteiger partial charge in [-0.1, -0.05) is 40.2 Å². The number of hydrogen-bond acceptors (Lipinski definition) is 3. The predicted octanol–water partition coefficient (Wildman–Crippen LogP) is 4.49. The van der Waals surface area contributed by atoms with Crippen molar-refractivity contribution in [3.05, 3.63) is 58.1 Å². The Morgan fingerprint density at radius 1 is 1.16 bits per heavy atom. The minimum absolute atomic E-state index is 0.00549. The number of piperidine rings is 1. The maximum Gasteiger partial charge on any atom is 0.324 e. The number of likely N-dealkylation sites (tertiary alicyclic amines) is 1. The largest absolute Gasteiger partial charge is 0.487 e. The molecule has 4 rings (SSSR count). The summed E-state index contributed by atoms with van der Waals surface area (Å²) in [6.45, 7) is 6.18. The molecule has 1 N–H and O–H groups in total. The quantitative estimate of drug-likeness (QED) is 0.696. The molecule has 2 aliphatic rings. The number of anilines is 1. The van der Waals surface area contributed by atoms with E-state index in [0.29, 0.717) is 39.0 Å². The van der Waals surface area contributed by atoms with E-state index in [4.69, 9.17) is 4.74 Å². The van der Waals surface area contributed by atoms with Crippen LogP contribution in [-0.4, -0.2) is 42.6 Å². The molecular weight excluding hydrogens is 458 g/mol. The first-order valence-corrected chi connectivity index (χ1v) is 11.6. The summed E-state index contributed by atoms with van der Waals surface area (Å²) in [6, 6.07) is 13.8. The zero-order valence-corrected chi connectivity index (χ0v) is 19.5. The Labute approximate surface area is 191 Å². The number of aryl methyl sites for hydroxylation is 1. The third-order valence-electron chi connectivity index (χ3n) is 5.95. The fourth-order valence-corrected chi connectivity index (χ4v) is 4.63. The maximum atomic E-state index is 13.3. The lowest BCUT2D eigenvalue weighted by molar-refractivity contribution is -0.126. The highest BCUT2D eigenvalue weighted by Gasteiger charge is 2.34. The molecule has 6 nitrogen and oxygen atoms in total. The van der Waals surface area contributed by atoms with Crippen LogP contribution in [-0.2, 0) is 11.3 Å². The lowest BCUT2D eigenvalue weighted by atomic mass is 9.96. The second-order valence-corrected chi connectivity index (χ2v) is 9.22. The maximum absolute atomic E-state index is 13.3. The van der Waals surface area contributed by atoms with E-state index in [-0.39, 0.29) is 24.0 Å². The lowest BCUT2D eigenvalue weighted by Crippen LogP contribution is -2.52. The number of amides is 3. The van der Waals surface area contributed by atoms with Gasteiger partial charge < -0.3 is 15.0 Å². The highest BCUT2D eigenvalue weighted by Crippen LogP contribution is 2.35. The molecule has 1 fully saturated rings. The zero-order chi connectivity index (χ0) is 22.0. The van der Waals surface area contributed by atoms with E-state index in [1.165, 1.54) is 0 Å². The molecule has 2 aromatic rings. The normalized spacial score (nSPS) is 18.9. The SMILES string of the molecule is Cc1ccc2c(c1)N(C(=O)N1CCC(C(=O)NCc3ccccc3Br)CC1)C[C@@H](C)O2. The summed E-state index contributed by atoms with van der Waals surface area (Å²) in [4.78, 5) is 29.6. The molecule has 3 amide bonds. The van der Waals surface area contributed by atoms with Crippen molar-refractivity contribution in [1.29, 1.82) is 0 Å². The van der Waals surface area contributed by atoms with Crippen molar-refractivity contribution in [2.24, 2.45) is 5.92 Å². The Morgan fingerprint density at radius 2 is 1.90 bits per heavy atom. The number of nitrogens with zero attached hydrogens (tertiary/aromatic N) is 2. The first kappa shape index (κ1) is 21.7. The van der Waals surface area contributed by atoms with Gasteiger partial charge in [-0.2, -0.15) is 0 Å². The number of benzene rings is 2. The molecule has 7 heteroatoms. The van der Waals surface area contributed by atoms with Crippen LogP contribution in [0.3, 0.4) is 0 Å². The van der Waals surface area contributed by atoms with Gasteiger partial charge in [-0.15, -0.1) is 0 Å². The fourth-order valence-electron chi connectivity index (χ4n) is 4.20. The smallest absolute Gasteiger partial charge is 0.324 e. The van der Waals surface area contributed by atoms with Crippen LogP contribution in [0.4, 0.5) is 10.5 Å². The third-order valence-corrected chi connectivity index (χ3v) is 6.72. The first-order chi connectivity index (χ1) is 14.9. The second-order valence-electron chi connectivity index (χ2n) is 8.36. The van der Waals surface area contributed by atoms with Gasteiger partial charge in [0.05, 0.1) is 12.2 Å².